The molecule has 0 aliphatic heterocycles. The summed E-state index contributed by atoms with van der Waals surface area (Å²) >= 11 is 0. The highest BCUT2D eigenvalue weighted by molar-refractivity contribution is 5.78. The van der Waals surface area contributed by atoms with E-state index in [2.05, 4.69) is 9.72 Å². The third-order valence-corrected chi connectivity index (χ3v) is 2.00. The number of esters is 1. The van der Waals surface area contributed by atoms with E-state index in [4.69, 9.17) is 5.73 Å². The van der Waals surface area contributed by atoms with Crippen LogP contribution in [0.3, 0.4) is 0 Å². The monoisotopic (exact) mass is 230 g/mol. The Hall–Kier alpha value is -1.56. The number of nitrogens with zero attached hydrogens (tertiary/aromatic N) is 1. The SMILES string of the molecule is CCOC(=O)C(F)(F)[C@@H](N)c1ccncc1. The number of aromatic nitrogens is 1. The smallest absolute Gasteiger partial charge is 0.379 e. The number of rotatable bonds is 4. The van der Waals surface area contributed by atoms with Gasteiger partial charge in [0.2, 0.25) is 0 Å². The van der Waals surface area contributed by atoms with Crippen molar-refractivity contribution in [2.24, 2.45) is 5.73 Å². The predicted molar refractivity (Wildman–Crippen MR) is 52.7 cm³/mol. The molecule has 0 saturated heterocycles. The Kier molecular flexibility index (Phi) is 3.89. The molecule has 0 aliphatic carbocycles. The van der Waals surface area contributed by atoms with Gasteiger partial charge in [0.1, 0.15) is 6.04 Å². The number of carbonyl (C=O) groups excluding carboxylic acids is 1. The van der Waals surface area contributed by atoms with Gasteiger partial charge in [0, 0.05) is 12.4 Å². The number of halogens is 2. The lowest BCUT2D eigenvalue weighted by Crippen LogP contribution is -2.41. The van der Waals surface area contributed by atoms with Crippen LogP contribution < -0.4 is 5.73 Å². The predicted octanol–water partition coefficient (Wildman–Crippen LogP) is 1.28. The zero-order chi connectivity index (χ0) is 12.2. The minimum atomic E-state index is -3.74. The maximum absolute atomic E-state index is 13.5. The van der Waals surface area contributed by atoms with Crippen LogP contribution >= 0.6 is 0 Å². The number of hydrogen-bond acceptors (Lipinski definition) is 4. The van der Waals surface area contributed by atoms with Gasteiger partial charge in [-0.3, -0.25) is 4.98 Å². The second kappa shape index (κ2) is 4.98. The first kappa shape index (κ1) is 12.5. The summed E-state index contributed by atoms with van der Waals surface area (Å²) in [6, 6.07) is 0.935. The van der Waals surface area contributed by atoms with Crippen LogP contribution in [0, 0.1) is 0 Å². The van der Waals surface area contributed by atoms with Crippen LogP contribution in [0.15, 0.2) is 24.5 Å². The van der Waals surface area contributed by atoms with E-state index in [1.807, 2.05) is 0 Å². The molecule has 88 valence electrons. The Balaban J connectivity index is 2.87. The molecule has 0 unspecified atom stereocenters. The van der Waals surface area contributed by atoms with E-state index in [0.717, 1.165) is 0 Å². The summed E-state index contributed by atoms with van der Waals surface area (Å²) in [5.41, 5.74) is 5.46. The fourth-order valence-electron chi connectivity index (χ4n) is 1.13. The Morgan fingerprint density at radius 3 is 2.62 bits per heavy atom. The molecule has 0 aromatic carbocycles. The maximum Gasteiger partial charge on any atom is 0.379 e. The van der Waals surface area contributed by atoms with Gasteiger partial charge < -0.3 is 10.5 Å². The zero-order valence-corrected chi connectivity index (χ0v) is 8.69. The molecular formula is C10H12F2N2O2. The number of carbonyl (C=O) groups is 1. The Morgan fingerprint density at radius 1 is 1.56 bits per heavy atom. The number of pyridine rings is 1. The molecule has 0 amide bonds. The minimum Gasteiger partial charge on any atom is -0.462 e. The Morgan fingerprint density at radius 2 is 2.12 bits per heavy atom. The molecule has 0 radical (unpaired) electrons. The van der Waals surface area contributed by atoms with E-state index in [9.17, 15) is 13.6 Å². The van der Waals surface area contributed by atoms with Crippen LogP contribution in [-0.4, -0.2) is 23.5 Å². The lowest BCUT2D eigenvalue weighted by atomic mass is 10.0. The van der Waals surface area contributed by atoms with E-state index in [-0.39, 0.29) is 12.2 Å². The second-order valence-electron chi connectivity index (χ2n) is 3.10. The summed E-state index contributed by atoms with van der Waals surface area (Å²) in [7, 11) is 0. The van der Waals surface area contributed by atoms with Crippen LogP contribution in [0.1, 0.15) is 18.5 Å². The van der Waals surface area contributed by atoms with E-state index in [1.165, 1.54) is 31.5 Å². The number of hydrogen-bond donors (Lipinski definition) is 1. The summed E-state index contributed by atoms with van der Waals surface area (Å²) < 4.78 is 31.2. The van der Waals surface area contributed by atoms with Gasteiger partial charge in [-0.1, -0.05) is 0 Å². The van der Waals surface area contributed by atoms with E-state index >= 15 is 0 Å². The molecule has 0 fully saturated rings. The molecule has 1 atom stereocenters. The molecule has 0 aliphatic rings. The highest BCUT2D eigenvalue weighted by Crippen LogP contribution is 2.30. The minimum absolute atomic E-state index is 0.114. The van der Waals surface area contributed by atoms with Crippen molar-refractivity contribution >= 4 is 5.97 Å². The fourth-order valence-corrected chi connectivity index (χ4v) is 1.13. The van der Waals surface area contributed by atoms with Crippen molar-refractivity contribution in [3.05, 3.63) is 30.1 Å². The Bertz CT molecular complexity index is 357. The van der Waals surface area contributed by atoms with Gasteiger partial charge in [0.15, 0.2) is 0 Å². The standard InChI is InChI=1S/C10H12F2N2O2/c1-2-16-9(15)10(11,12)8(13)7-3-5-14-6-4-7/h3-6,8H,2,13H2,1H3/t8-/m0/s1. The van der Waals surface area contributed by atoms with Crippen LogP contribution in [0.4, 0.5) is 8.78 Å². The van der Waals surface area contributed by atoms with Gasteiger partial charge in [-0.15, -0.1) is 0 Å². The van der Waals surface area contributed by atoms with Gasteiger partial charge in [-0.05, 0) is 24.6 Å². The Labute approximate surface area is 91.4 Å². The fraction of sp³-hybridized carbons (Fsp3) is 0.400. The van der Waals surface area contributed by atoms with Gasteiger partial charge in [0.05, 0.1) is 6.61 Å². The van der Waals surface area contributed by atoms with Crippen molar-refractivity contribution in [1.82, 2.24) is 4.98 Å². The van der Waals surface area contributed by atoms with Crippen molar-refractivity contribution in [1.29, 1.82) is 0 Å². The molecule has 0 spiro atoms. The maximum atomic E-state index is 13.5. The molecule has 1 aromatic heterocycles. The highest BCUT2D eigenvalue weighted by Gasteiger charge is 2.47. The van der Waals surface area contributed by atoms with Crippen LogP contribution in [-0.2, 0) is 9.53 Å². The first-order chi connectivity index (χ1) is 7.50. The molecule has 16 heavy (non-hydrogen) atoms. The molecule has 0 saturated carbocycles. The molecule has 2 N–H and O–H groups in total. The summed E-state index contributed by atoms with van der Waals surface area (Å²) in [5, 5.41) is 0. The molecular weight excluding hydrogens is 218 g/mol. The van der Waals surface area contributed by atoms with Crippen molar-refractivity contribution in [2.45, 2.75) is 18.9 Å². The number of nitrogens with two attached hydrogens (primary N) is 1. The summed E-state index contributed by atoms with van der Waals surface area (Å²) in [6.45, 7) is 1.34. The largest absolute Gasteiger partial charge is 0.462 e. The van der Waals surface area contributed by atoms with Crippen LogP contribution in [0.25, 0.3) is 0 Å². The van der Waals surface area contributed by atoms with Crippen molar-refractivity contribution in [3.63, 3.8) is 0 Å². The third kappa shape index (κ3) is 2.52. The quantitative estimate of drug-likeness (QED) is 0.791. The molecule has 1 heterocycles. The van der Waals surface area contributed by atoms with Gasteiger partial charge in [-0.25, -0.2) is 4.79 Å². The normalized spacial score (nSPS) is 13.2. The molecule has 6 heteroatoms. The molecule has 1 aromatic rings. The van der Waals surface area contributed by atoms with Gasteiger partial charge >= 0.3 is 11.9 Å². The van der Waals surface area contributed by atoms with Gasteiger partial charge in [0.25, 0.3) is 0 Å². The van der Waals surface area contributed by atoms with E-state index < -0.39 is 17.9 Å². The van der Waals surface area contributed by atoms with Crippen molar-refractivity contribution in [2.75, 3.05) is 6.61 Å². The molecule has 0 bridgehead atoms. The van der Waals surface area contributed by atoms with Crippen LogP contribution in [0.5, 0.6) is 0 Å². The lowest BCUT2D eigenvalue weighted by molar-refractivity contribution is -0.174. The molecule has 4 nitrogen and oxygen atoms in total. The van der Waals surface area contributed by atoms with Crippen molar-refractivity contribution in [3.8, 4) is 0 Å². The summed E-state index contributed by atoms with van der Waals surface area (Å²) in [4.78, 5) is 14.7. The molecule has 1 rings (SSSR count). The van der Waals surface area contributed by atoms with E-state index in [0.29, 0.717) is 0 Å². The van der Waals surface area contributed by atoms with Crippen LogP contribution in [0.2, 0.25) is 0 Å². The second-order valence-corrected chi connectivity index (χ2v) is 3.10. The average Bonchev–Trinajstić information content (AvgIpc) is 2.29. The number of alkyl halides is 2. The van der Waals surface area contributed by atoms with Gasteiger partial charge in [-0.2, -0.15) is 8.78 Å². The topological polar surface area (TPSA) is 65.2 Å². The average molecular weight is 230 g/mol. The van der Waals surface area contributed by atoms with E-state index in [1.54, 1.807) is 0 Å². The summed E-state index contributed by atoms with van der Waals surface area (Å²) in [6.07, 6.45) is 2.66. The highest BCUT2D eigenvalue weighted by atomic mass is 19.3. The number of ether oxygens (including phenoxy) is 1. The third-order valence-electron chi connectivity index (χ3n) is 2.00. The zero-order valence-electron chi connectivity index (χ0n) is 8.69. The lowest BCUT2D eigenvalue weighted by Gasteiger charge is -2.21. The first-order valence-corrected chi connectivity index (χ1v) is 4.70. The summed E-state index contributed by atoms with van der Waals surface area (Å²) in [5.74, 6) is -5.35. The first-order valence-electron chi connectivity index (χ1n) is 4.70. The van der Waals surface area contributed by atoms with Crippen molar-refractivity contribution < 1.29 is 18.3 Å².